The summed E-state index contributed by atoms with van der Waals surface area (Å²) in [6.07, 6.45) is 2.43. The van der Waals surface area contributed by atoms with Crippen LogP contribution in [0.3, 0.4) is 0 Å². The minimum Gasteiger partial charge on any atom is -0.324 e. The number of carbonyl (C=O) groups is 1. The van der Waals surface area contributed by atoms with Crippen molar-refractivity contribution >= 4 is 34.9 Å². The van der Waals surface area contributed by atoms with Gasteiger partial charge in [-0.05, 0) is 35.7 Å². The summed E-state index contributed by atoms with van der Waals surface area (Å²) in [5.41, 5.74) is 1.32. The lowest BCUT2D eigenvalue weighted by Crippen LogP contribution is -2.48. The third-order valence-corrected chi connectivity index (χ3v) is 4.65. The average Bonchev–Trinajstić information content (AvgIpc) is 2.55. The molecule has 2 amide bonds. The van der Waals surface area contributed by atoms with Gasteiger partial charge in [0.15, 0.2) is 0 Å². The van der Waals surface area contributed by atoms with Crippen LogP contribution >= 0.6 is 23.2 Å². The van der Waals surface area contributed by atoms with Crippen molar-refractivity contribution in [1.29, 1.82) is 0 Å². The Morgan fingerprint density at radius 3 is 2.56 bits per heavy atom. The van der Waals surface area contributed by atoms with E-state index in [2.05, 4.69) is 31.1 Å². The number of amides is 2. The lowest BCUT2D eigenvalue weighted by Gasteiger charge is -2.38. The monoisotopic (exact) mass is 379 g/mol. The largest absolute Gasteiger partial charge is 0.324 e. The number of hydrogen-bond donors (Lipinski definition) is 1. The number of carbonyl (C=O) groups excluding carboxylic acids is 1. The smallest absolute Gasteiger partial charge is 0.321 e. The van der Waals surface area contributed by atoms with Gasteiger partial charge in [-0.2, -0.15) is 0 Å². The van der Waals surface area contributed by atoms with Crippen molar-refractivity contribution in [3.8, 4) is 0 Å². The molecule has 6 heteroatoms. The molecule has 1 aromatic carbocycles. The van der Waals surface area contributed by atoms with Gasteiger partial charge in [-0.15, -0.1) is 0 Å². The summed E-state index contributed by atoms with van der Waals surface area (Å²) in [6.45, 7) is 6.32. The summed E-state index contributed by atoms with van der Waals surface area (Å²) in [7, 11) is 1.78. The first kappa shape index (κ1) is 19.5. The van der Waals surface area contributed by atoms with Crippen LogP contribution in [0.25, 0.3) is 0 Å². The fourth-order valence-corrected chi connectivity index (χ4v) is 3.02. The van der Waals surface area contributed by atoms with Gasteiger partial charge in [0, 0.05) is 36.4 Å². The van der Waals surface area contributed by atoms with Crippen molar-refractivity contribution in [3.05, 3.63) is 58.3 Å². The third kappa shape index (κ3) is 5.35. The van der Waals surface area contributed by atoms with Crippen molar-refractivity contribution in [1.82, 2.24) is 9.88 Å². The summed E-state index contributed by atoms with van der Waals surface area (Å²) < 4.78 is 0. The molecule has 0 aliphatic rings. The minimum atomic E-state index is -0.236. The zero-order valence-corrected chi connectivity index (χ0v) is 16.4. The Labute approximate surface area is 159 Å². The molecule has 0 fully saturated rings. The molecule has 2 aromatic rings. The topological polar surface area (TPSA) is 45.2 Å². The van der Waals surface area contributed by atoms with Crippen molar-refractivity contribution < 1.29 is 4.79 Å². The highest BCUT2D eigenvalue weighted by atomic mass is 35.5. The predicted molar refractivity (Wildman–Crippen MR) is 104 cm³/mol. The highest BCUT2D eigenvalue weighted by Gasteiger charge is 2.31. The van der Waals surface area contributed by atoms with Crippen LogP contribution in [-0.4, -0.2) is 29.0 Å². The number of nitrogens with one attached hydrogen (secondary N) is 1. The highest BCUT2D eigenvalue weighted by molar-refractivity contribution is 6.35. The fraction of sp³-hybridized carbons (Fsp3) is 0.368. The average molecular weight is 380 g/mol. The molecule has 0 aliphatic heterocycles. The molecule has 0 saturated carbocycles. The Bertz CT molecular complexity index is 729. The number of aromatic nitrogens is 1. The van der Waals surface area contributed by atoms with Crippen molar-refractivity contribution in [3.63, 3.8) is 0 Å². The van der Waals surface area contributed by atoms with Crippen LogP contribution < -0.4 is 5.32 Å². The lowest BCUT2D eigenvalue weighted by atomic mass is 9.83. The number of benzene rings is 1. The molecule has 25 heavy (non-hydrogen) atoms. The predicted octanol–water partition coefficient (Wildman–Crippen LogP) is 5.51. The van der Waals surface area contributed by atoms with E-state index in [1.165, 1.54) is 0 Å². The summed E-state index contributed by atoms with van der Waals surface area (Å²) >= 11 is 12.1. The molecule has 0 spiro atoms. The summed E-state index contributed by atoms with van der Waals surface area (Å²) in [6, 6.07) is 10.5. The van der Waals surface area contributed by atoms with E-state index in [9.17, 15) is 4.79 Å². The van der Waals surface area contributed by atoms with Crippen LogP contribution in [0, 0.1) is 5.41 Å². The number of anilines is 1. The minimum absolute atomic E-state index is 0.0413. The van der Waals surface area contributed by atoms with Crippen LogP contribution in [0.15, 0.2) is 42.6 Å². The molecule has 1 atom stereocenters. The molecule has 1 heterocycles. The number of nitrogens with zero attached hydrogens (tertiary/aromatic N) is 2. The van der Waals surface area contributed by atoms with E-state index < -0.39 is 0 Å². The van der Waals surface area contributed by atoms with E-state index in [-0.39, 0.29) is 17.5 Å². The Morgan fingerprint density at radius 1 is 1.24 bits per heavy atom. The quantitative estimate of drug-likeness (QED) is 0.760. The Morgan fingerprint density at radius 2 is 1.96 bits per heavy atom. The molecule has 2 rings (SSSR count). The van der Waals surface area contributed by atoms with Gasteiger partial charge >= 0.3 is 6.03 Å². The SMILES string of the molecule is CN(C(=O)Nc1cc(Cl)ccc1Cl)[C@H](Cc1ccccn1)C(C)(C)C. The van der Waals surface area contributed by atoms with E-state index in [4.69, 9.17) is 23.2 Å². The zero-order chi connectivity index (χ0) is 18.6. The van der Waals surface area contributed by atoms with Crippen LogP contribution in [0.5, 0.6) is 0 Å². The number of urea groups is 1. The van der Waals surface area contributed by atoms with Gasteiger partial charge in [-0.3, -0.25) is 4.98 Å². The third-order valence-electron chi connectivity index (χ3n) is 4.09. The molecule has 1 aromatic heterocycles. The van der Waals surface area contributed by atoms with E-state index in [0.29, 0.717) is 22.2 Å². The Kier molecular flexibility index (Phi) is 6.31. The van der Waals surface area contributed by atoms with Gasteiger partial charge in [-0.25, -0.2) is 4.79 Å². The van der Waals surface area contributed by atoms with Crippen LogP contribution in [0.4, 0.5) is 10.5 Å². The molecule has 134 valence electrons. The van der Waals surface area contributed by atoms with E-state index >= 15 is 0 Å². The number of hydrogen-bond acceptors (Lipinski definition) is 2. The van der Waals surface area contributed by atoms with Crippen LogP contribution in [0.2, 0.25) is 10.0 Å². The Hall–Kier alpha value is -1.78. The second kappa shape index (κ2) is 8.07. The molecule has 0 unspecified atom stereocenters. The first-order valence-corrected chi connectivity index (χ1v) is 8.83. The maximum absolute atomic E-state index is 12.7. The highest BCUT2D eigenvalue weighted by Crippen LogP contribution is 2.29. The van der Waals surface area contributed by atoms with Gasteiger partial charge in [0.05, 0.1) is 10.7 Å². The fourth-order valence-electron chi connectivity index (χ4n) is 2.68. The first-order valence-electron chi connectivity index (χ1n) is 8.07. The molecule has 0 bridgehead atoms. The van der Waals surface area contributed by atoms with E-state index in [0.717, 1.165) is 5.69 Å². The number of halogens is 2. The second-order valence-electron chi connectivity index (χ2n) is 7.07. The summed E-state index contributed by atoms with van der Waals surface area (Å²) in [4.78, 5) is 18.8. The first-order chi connectivity index (χ1) is 11.7. The molecule has 0 saturated heterocycles. The van der Waals surface area contributed by atoms with Gasteiger partial charge in [0.25, 0.3) is 0 Å². The van der Waals surface area contributed by atoms with Gasteiger partial charge in [-0.1, -0.05) is 50.0 Å². The van der Waals surface area contributed by atoms with Crippen molar-refractivity contribution in [2.45, 2.75) is 33.2 Å². The standard InChI is InChI=1S/C19H23Cl2N3O/c1-19(2,3)17(12-14-7-5-6-10-22-14)24(4)18(25)23-16-11-13(20)8-9-15(16)21/h5-11,17H,12H2,1-4H3,(H,23,25)/t17-/m1/s1. The molecular weight excluding hydrogens is 357 g/mol. The maximum Gasteiger partial charge on any atom is 0.321 e. The number of pyridine rings is 1. The van der Waals surface area contributed by atoms with Gasteiger partial charge in [0.2, 0.25) is 0 Å². The normalized spacial score (nSPS) is 12.6. The van der Waals surface area contributed by atoms with Crippen LogP contribution in [-0.2, 0) is 6.42 Å². The van der Waals surface area contributed by atoms with Gasteiger partial charge in [0.1, 0.15) is 0 Å². The lowest BCUT2D eigenvalue weighted by molar-refractivity contribution is 0.143. The van der Waals surface area contributed by atoms with E-state index in [1.807, 2.05) is 18.2 Å². The molecule has 0 radical (unpaired) electrons. The zero-order valence-electron chi connectivity index (χ0n) is 14.9. The molecule has 1 N–H and O–H groups in total. The van der Waals surface area contributed by atoms with Gasteiger partial charge < -0.3 is 10.2 Å². The second-order valence-corrected chi connectivity index (χ2v) is 7.92. The Balaban J connectivity index is 2.19. The molecule has 0 aliphatic carbocycles. The maximum atomic E-state index is 12.7. The van der Waals surface area contributed by atoms with Crippen LogP contribution in [0.1, 0.15) is 26.5 Å². The van der Waals surface area contributed by atoms with Crippen molar-refractivity contribution in [2.75, 3.05) is 12.4 Å². The number of likely N-dealkylation sites (N-methyl/N-ethyl adjacent to an activating group) is 1. The van der Waals surface area contributed by atoms with E-state index in [1.54, 1.807) is 36.3 Å². The molecule has 4 nitrogen and oxygen atoms in total. The molecular formula is C19H23Cl2N3O. The summed E-state index contributed by atoms with van der Waals surface area (Å²) in [5, 5.41) is 3.80. The van der Waals surface area contributed by atoms with Crippen molar-refractivity contribution in [2.24, 2.45) is 5.41 Å². The summed E-state index contributed by atoms with van der Waals surface area (Å²) in [5.74, 6) is 0. The number of rotatable bonds is 4.